The molecule has 0 fully saturated rings. The zero-order valence-corrected chi connectivity index (χ0v) is 13.2. The summed E-state index contributed by atoms with van der Waals surface area (Å²) in [5.41, 5.74) is 2.54. The monoisotopic (exact) mass is 263 g/mol. The molecule has 19 heavy (non-hydrogen) atoms. The van der Waals surface area contributed by atoms with Gasteiger partial charge in [-0.3, -0.25) is 0 Å². The molecule has 0 saturated carbocycles. The first-order valence-corrected chi connectivity index (χ1v) is 7.42. The topological polar surface area (TPSA) is 28.2 Å². The van der Waals surface area contributed by atoms with Gasteiger partial charge in [0.2, 0.25) is 0 Å². The summed E-state index contributed by atoms with van der Waals surface area (Å²) in [6.07, 6.45) is 4.44. The molecule has 1 heterocycles. The zero-order valence-electron chi connectivity index (χ0n) is 13.2. The molecule has 0 unspecified atom stereocenters. The summed E-state index contributed by atoms with van der Waals surface area (Å²) >= 11 is 0. The number of nitrogens with zero attached hydrogens (tertiary/aromatic N) is 2. The molecular weight excluding hydrogens is 234 g/mol. The van der Waals surface area contributed by atoms with Gasteiger partial charge in [-0.1, -0.05) is 27.2 Å². The molecule has 1 rings (SSSR count). The molecule has 1 aromatic rings. The second-order valence-electron chi connectivity index (χ2n) is 5.78. The van der Waals surface area contributed by atoms with Crippen molar-refractivity contribution >= 4 is 5.82 Å². The fraction of sp³-hybridized carbons (Fsp3) is 0.688. The molecule has 0 saturated heterocycles. The molecule has 0 radical (unpaired) electrons. The first-order chi connectivity index (χ1) is 9.04. The molecule has 3 nitrogen and oxygen atoms in total. The molecule has 1 aromatic heterocycles. The van der Waals surface area contributed by atoms with Gasteiger partial charge in [-0.25, -0.2) is 4.98 Å². The van der Waals surface area contributed by atoms with E-state index in [1.165, 1.54) is 24.0 Å². The highest BCUT2D eigenvalue weighted by molar-refractivity contribution is 5.46. The van der Waals surface area contributed by atoms with Crippen LogP contribution < -0.4 is 10.2 Å². The number of aryl methyl sites for hydroxylation is 1. The third-order valence-electron chi connectivity index (χ3n) is 3.20. The number of rotatable bonds is 8. The second kappa shape index (κ2) is 8.16. The lowest BCUT2D eigenvalue weighted by Gasteiger charge is -2.20. The predicted octanol–water partition coefficient (Wildman–Crippen LogP) is 3.37. The van der Waals surface area contributed by atoms with E-state index in [0.29, 0.717) is 5.92 Å². The summed E-state index contributed by atoms with van der Waals surface area (Å²) in [6.45, 7) is 11.9. The number of aromatic nitrogens is 1. The molecule has 0 aliphatic rings. The smallest absolute Gasteiger partial charge is 0.131 e. The van der Waals surface area contributed by atoms with Gasteiger partial charge in [-0.05, 0) is 43.0 Å². The number of nitrogens with one attached hydrogen (secondary N) is 1. The molecule has 0 amide bonds. The highest BCUT2D eigenvalue weighted by atomic mass is 15.2. The Balaban J connectivity index is 2.58. The highest BCUT2D eigenvalue weighted by Crippen LogP contribution is 2.17. The van der Waals surface area contributed by atoms with Crippen LogP contribution in [0.1, 0.15) is 44.7 Å². The summed E-state index contributed by atoms with van der Waals surface area (Å²) in [5.74, 6) is 1.80. The number of unbranched alkanes of at least 4 members (excludes halogenated alkanes) is 1. The average Bonchev–Trinajstić information content (AvgIpc) is 2.35. The second-order valence-corrected chi connectivity index (χ2v) is 5.78. The van der Waals surface area contributed by atoms with Crippen LogP contribution in [0.5, 0.6) is 0 Å². The quantitative estimate of drug-likeness (QED) is 0.779. The van der Waals surface area contributed by atoms with Gasteiger partial charge >= 0.3 is 0 Å². The first kappa shape index (κ1) is 16.0. The van der Waals surface area contributed by atoms with Crippen LogP contribution in [0.3, 0.4) is 0 Å². The van der Waals surface area contributed by atoms with Crippen LogP contribution in [-0.4, -0.2) is 25.1 Å². The molecule has 1 N–H and O–H groups in total. The van der Waals surface area contributed by atoms with E-state index in [-0.39, 0.29) is 0 Å². The van der Waals surface area contributed by atoms with E-state index in [2.05, 4.69) is 56.0 Å². The zero-order chi connectivity index (χ0) is 14.3. The Hall–Kier alpha value is -1.09. The molecule has 0 aliphatic heterocycles. The van der Waals surface area contributed by atoms with Crippen molar-refractivity contribution in [1.29, 1.82) is 0 Å². The van der Waals surface area contributed by atoms with E-state index in [0.717, 1.165) is 25.5 Å². The van der Waals surface area contributed by atoms with Gasteiger partial charge < -0.3 is 10.2 Å². The van der Waals surface area contributed by atoms with Gasteiger partial charge in [0, 0.05) is 26.3 Å². The summed E-state index contributed by atoms with van der Waals surface area (Å²) in [5, 5.41) is 3.46. The van der Waals surface area contributed by atoms with Crippen molar-refractivity contribution in [3.63, 3.8) is 0 Å². The maximum absolute atomic E-state index is 4.61. The average molecular weight is 263 g/mol. The fourth-order valence-electron chi connectivity index (χ4n) is 2.13. The van der Waals surface area contributed by atoms with Gasteiger partial charge in [0.1, 0.15) is 5.82 Å². The number of hydrogen-bond donors (Lipinski definition) is 1. The van der Waals surface area contributed by atoms with Crippen molar-refractivity contribution in [3.8, 4) is 0 Å². The largest absolute Gasteiger partial charge is 0.359 e. The maximum Gasteiger partial charge on any atom is 0.131 e. The number of pyridine rings is 1. The van der Waals surface area contributed by atoms with Crippen molar-refractivity contribution < 1.29 is 0 Å². The van der Waals surface area contributed by atoms with Crippen molar-refractivity contribution in [2.45, 2.75) is 47.1 Å². The summed E-state index contributed by atoms with van der Waals surface area (Å²) in [6, 6.07) is 2.25. The van der Waals surface area contributed by atoms with E-state index in [1.54, 1.807) is 0 Å². The van der Waals surface area contributed by atoms with E-state index in [4.69, 9.17) is 0 Å². The van der Waals surface area contributed by atoms with Gasteiger partial charge in [-0.15, -0.1) is 0 Å². The van der Waals surface area contributed by atoms with Crippen LogP contribution >= 0.6 is 0 Å². The lowest BCUT2D eigenvalue weighted by molar-refractivity contribution is 0.551. The summed E-state index contributed by atoms with van der Waals surface area (Å²) in [4.78, 5) is 6.87. The van der Waals surface area contributed by atoms with Gasteiger partial charge in [0.15, 0.2) is 0 Å². The molecular formula is C16H29N3. The standard InChI is InChI=1S/C16H29N3/c1-6-7-8-19(5)16-14(4)9-15(12-18-16)11-17-10-13(2)3/h9,12-13,17H,6-8,10-11H2,1-5H3. The van der Waals surface area contributed by atoms with Crippen molar-refractivity contribution in [1.82, 2.24) is 10.3 Å². The Kier molecular flexibility index (Phi) is 6.85. The maximum atomic E-state index is 4.61. The van der Waals surface area contributed by atoms with Crippen molar-refractivity contribution in [2.75, 3.05) is 25.0 Å². The highest BCUT2D eigenvalue weighted by Gasteiger charge is 2.06. The molecule has 108 valence electrons. The minimum absolute atomic E-state index is 0.688. The molecule has 0 bridgehead atoms. The summed E-state index contributed by atoms with van der Waals surface area (Å²) in [7, 11) is 2.13. The third-order valence-corrected chi connectivity index (χ3v) is 3.20. The molecule has 3 heteroatoms. The Labute approximate surface area is 118 Å². The van der Waals surface area contributed by atoms with E-state index < -0.39 is 0 Å². The Morgan fingerprint density at radius 2 is 2.11 bits per heavy atom. The predicted molar refractivity (Wildman–Crippen MR) is 83.7 cm³/mol. The van der Waals surface area contributed by atoms with Crippen molar-refractivity contribution in [3.05, 3.63) is 23.4 Å². The minimum atomic E-state index is 0.688. The fourth-order valence-corrected chi connectivity index (χ4v) is 2.13. The normalized spacial score (nSPS) is 11.1. The molecule has 0 aromatic carbocycles. The van der Waals surface area contributed by atoms with Crippen LogP contribution in [-0.2, 0) is 6.54 Å². The summed E-state index contributed by atoms with van der Waals surface area (Å²) < 4.78 is 0. The Bertz CT molecular complexity index is 374. The van der Waals surface area contributed by atoms with Gasteiger partial charge in [0.25, 0.3) is 0 Å². The molecule has 0 atom stereocenters. The lowest BCUT2D eigenvalue weighted by atomic mass is 10.1. The van der Waals surface area contributed by atoms with E-state index in [1.807, 2.05) is 6.20 Å². The third kappa shape index (κ3) is 5.60. The molecule has 0 spiro atoms. The van der Waals surface area contributed by atoms with Gasteiger partial charge in [0.05, 0.1) is 0 Å². The molecule has 0 aliphatic carbocycles. The SMILES string of the molecule is CCCCN(C)c1ncc(CNCC(C)C)cc1C. The van der Waals surface area contributed by atoms with Gasteiger partial charge in [-0.2, -0.15) is 0 Å². The van der Waals surface area contributed by atoms with E-state index in [9.17, 15) is 0 Å². The first-order valence-electron chi connectivity index (χ1n) is 7.42. The van der Waals surface area contributed by atoms with Crippen LogP contribution in [0.25, 0.3) is 0 Å². The Morgan fingerprint density at radius 3 is 2.68 bits per heavy atom. The van der Waals surface area contributed by atoms with Crippen LogP contribution in [0.4, 0.5) is 5.82 Å². The number of hydrogen-bond acceptors (Lipinski definition) is 3. The van der Waals surface area contributed by atoms with Crippen LogP contribution in [0.2, 0.25) is 0 Å². The minimum Gasteiger partial charge on any atom is -0.359 e. The van der Waals surface area contributed by atoms with Crippen molar-refractivity contribution in [2.24, 2.45) is 5.92 Å². The van der Waals surface area contributed by atoms with Crippen LogP contribution in [0, 0.1) is 12.8 Å². The Morgan fingerprint density at radius 1 is 1.37 bits per heavy atom. The number of anilines is 1. The lowest BCUT2D eigenvalue weighted by Crippen LogP contribution is -2.22. The van der Waals surface area contributed by atoms with E-state index >= 15 is 0 Å². The van der Waals surface area contributed by atoms with Crippen LogP contribution in [0.15, 0.2) is 12.3 Å².